The molecule has 0 fully saturated rings. The largest absolute Gasteiger partial charge is 0.454 e. The van der Waals surface area contributed by atoms with E-state index in [1.165, 1.54) is 17.0 Å². The molecular formula is C22H18Cl2N4O4. The van der Waals surface area contributed by atoms with Crippen molar-refractivity contribution in [3.8, 4) is 0 Å². The van der Waals surface area contributed by atoms with Crippen LogP contribution in [0.4, 0.5) is 11.5 Å². The SMILES string of the molecule is CN(CC(=O)OCC(=O)Nc1ccc(Cl)cc1C(=O)c1ccccc1)c1ccc(Cl)nn1. The second-order valence-corrected chi connectivity index (χ2v) is 7.49. The zero-order valence-corrected chi connectivity index (χ0v) is 18.4. The summed E-state index contributed by atoms with van der Waals surface area (Å²) >= 11 is 11.7. The Bertz CT molecular complexity index is 1120. The summed E-state index contributed by atoms with van der Waals surface area (Å²) < 4.78 is 5.02. The third-order valence-corrected chi connectivity index (χ3v) is 4.71. The first kappa shape index (κ1) is 23.2. The Morgan fingerprint density at radius 3 is 2.44 bits per heavy atom. The number of amides is 1. The van der Waals surface area contributed by atoms with Crippen LogP contribution in [0.25, 0.3) is 0 Å². The highest BCUT2D eigenvalue weighted by molar-refractivity contribution is 6.31. The van der Waals surface area contributed by atoms with E-state index in [1.54, 1.807) is 55.6 Å². The van der Waals surface area contributed by atoms with Crippen LogP contribution in [0, 0.1) is 0 Å². The summed E-state index contributed by atoms with van der Waals surface area (Å²) in [4.78, 5) is 38.7. The monoisotopic (exact) mass is 472 g/mol. The predicted molar refractivity (Wildman–Crippen MR) is 121 cm³/mol. The van der Waals surface area contributed by atoms with Crippen LogP contribution >= 0.6 is 23.2 Å². The van der Waals surface area contributed by atoms with Crippen molar-refractivity contribution in [2.75, 3.05) is 30.4 Å². The van der Waals surface area contributed by atoms with Gasteiger partial charge in [0.2, 0.25) is 0 Å². The number of carbonyl (C=O) groups excluding carboxylic acids is 3. The van der Waals surface area contributed by atoms with E-state index in [9.17, 15) is 14.4 Å². The van der Waals surface area contributed by atoms with Gasteiger partial charge in [0.15, 0.2) is 23.4 Å². The van der Waals surface area contributed by atoms with Crippen LogP contribution in [0.15, 0.2) is 60.7 Å². The van der Waals surface area contributed by atoms with Crippen molar-refractivity contribution in [3.63, 3.8) is 0 Å². The van der Waals surface area contributed by atoms with E-state index in [2.05, 4.69) is 15.5 Å². The lowest BCUT2D eigenvalue weighted by Crippen LogP contribution is -2.30. The molecule has 0 radical (unpaired) electrons. The fraction of sp³-hybridized carbons (Fsp3) is 0.136. The minimum absolute atomic E-state index is 0.151. The van der Waals surface area contributed by atoms with Crippen LogP contribution in [0.2, 0.25) is 10.2 Å². The van der Waals surface area contributed by atoms with Crippen LogP contribution in [-0.4, -0.2) is 48.1 Å². The number of hydrogen-bond donors (Lipinski definition) is 1. The van der Waals surface area contributed by atoms with Gasteiger partial charge in [0.1, 0.15) is 6.54 Å². The molecule has 0 atom stereocenters. The Morgan fingerprint density at radius 1 is 1.00 bits per heavy atom. The Hall–Kier alpha value is -3.49. The number of ketones is 1. The first-order valence-corrected chi connectivity index (χ1v) is 10.1. The summed E-state index contributed by atoms with van der Waals surface area (Å²) in [5, 5.41) is 10.7. The number of nitrogens with zero attached hydrogens (tertiary/aromatic N) is 3. The number of halogens is 2. The quantitative estimate of drug-likeness (QED) is 0.394. The maximum Gasteiger partial charge on any atom is 0.326 e. The van der Waals surface area contributed by atoms with Crippen molar-refractivity contribution in [2.45, 2.75) is 0 Å². The molecule has 3 rings (SSSR count). The van der Waals surface area contributed by atoms with E-state index < -0.39 is 18.5 Å². The molecule has 0 saturated carbocycles. The van der Waals surface area contributed by atoms with Gasteiger partial charge in [-0.25, -0.2) is 0 Å². The second-order valence-electron chi connectivity index (χ2n) is 6.66. The highest BCUT2D eigenvalue weighted by atomic mass is 35.5. The summed E-state index contributed by atoms with van der Waals surface area (Å²) in [7, 11) is 1.62. The summed E-state index contributed by atoms with van der Waals surface area (Å²) in [6, 6.07) is 16.3. The highest BCUT2D eigenvalue weighted by Gasteiger charge is 2.17. The number of carbonyl (C=O) groups is 3. The lowest BCUT2D eigenvalue weighted by Gasteiger charge is -2.16. The average molecular weight is 473 g/mol. The molecule has 10 heteroatoms. The molecular weight excluding hydrogens is 455 g/mol. The van der Waals surface area contributed by atoms with Crippen LogP contribution < -0.4 is 10.2 Å². The first-order chi connectivity index (χ1) is 15.3. The number of likely N-dealkylation sites (N-methyl/N-ethyl adjacent to an activating group) is 1. The van der Waals surface area contributed by atoms with Crippen molar-refractivity contribution in [1.82, 2.24) is 10.2 Å². The van der Waals surface area contributed by atoms with Crippen LogP contribution in [-0.2, 0) is 14.3 Å². The molecule has 0 bridgehead atoms. The molecule has 8 nitrogen and oxygen atoms in total. The molecule has 32 heavy (non-hydrogen) atoms. The Balaban J connectivity index is 1.59. The number of hydrogen-bond acceptors (Lipinski definition) is 7. The number of anilines is 2. The van der Waals surface area contributed by atoms with Gasteiger partial charge in [0, 0.05) is 23.2 Å². The van der Waals surface area contributed by atoms with Crippen molar-refractivity contribution < 1.29 is 19.1 Å². The summed E-state index contributed by atoms with van der Waals surface area (Å²) in [6.07, 6.45) is 0. The number of esters is 1. The Labute approximate surface area is 194 Å². The van der Waals surface area contributed by atoms with Crippen LogP contribution in [0.5, 0.6) is 0 Å². The van der Waals surface area contributed by atoms with Gasteiger partial charge in [0.25, 0.3) is 5.91 Å². The minimum Gasteiger partial charge on any atom is -0.454 e. The molecule has 0 aliphatic rings. The van der Waals surface area contributed by atoms with Gasteiger partial charge in [-0.05, 0) is 30.3 Å². The van der Waals surface area contributed by atoms with Crippen molar-refractivity contribution in [3.05, 3.63) is 82.0 Å². The Morgan fingerprint density at radius 2 is 1.75 bits per heavy atom. The molecule has 1 amide bonds. The summed E-state index contributed by atoms with van der Waals surface area (Å²) in [5.74, 6) is -1.13. The molecule has 0 aliphatic carbocycles. The molecule has 1 N–H and O–H groups in total. The number of aromatic nitrogens is 2. The molecule has 2 aromatic carbocycles. The highest BCUT2D eigenvalue weighted by Crippen LogP contribution is 2.23. The van der Waals surface area contributed by atoms with Crippen molar-refractivity contribution in [1.29, 1.82) is 0 Å². The average Bonchev–Trinajstić information content (AvgIpc) is 2.79. The zero-order valence-electron chi connectivity index (χ0n) is 16.9. The van der Waals surface area contributed by atoms with E-state index in [4.69, 9.17) is 27.9 Å². The van der Waals surface area contributed by atoms with Gasteiger partial charge in [-0.1, -0.05) is 53.5 Å². The lowest BCUT2D eigenvalue weighted by atomic mass is 10.0. The maximum absolute atomic E-state index is 12.8. The molecule has 0 saturated heterocycles. The smallest absolute Gasteiger partial charge is 0.326 e. The van der Waals surface area contributed by atoms with Gasteiger partial charge in [-0.15, -0.1) is 10.2 Å². The molecule has 1 aromatic heterocycles. The fourth-order valence-electron chi connectivity index (χ4n) is 2.72. The molecule has 3 aromatic rings. The number of rotatable bonds is 8. The van der Waals surface area contributed by atoms with E-state index in [0.717, 1.165) is 0 Å². The molecule has 164 valence electrons. The molecule has 1 heterocycles. The normalized spacial score (nSPS) is 10.3. The van der Waals surface area contributed by atoms with Gasteiger partial charge in [0.05, 0.1) is 5.69 Å². The summed E-state index contributed by atoms with van der Waals surface area (Å²) in [5.41, 5.74) is 0.937. The predicted octanol–water partition coefficient (Wildman–Crippen LogP) is 3.63. The fourth-order valence-corrected chi connectivity index (χ4v) is 3.00. The van der Waals surface area contributed by atoms with E-state index in [0.29, 0.717) is 16.4 Å². The van der Waals surface area contributed by atoms with E-state index in [1.807, 2.05) is 0 Å². The van der Waals surface area contributed by atoms with Crippen LogP contribution in [0.3, 0.4) is 0 Å². The van der Waals surface area contributed by atoms with Crippen molar-refractivity contribution >= 4 is 52.4 Å². The standard InChI is InChI=1S/C22H18Cl2N4O4/c1-28(19-10-9-18(24)26-27-19)12-21(30)32-13-20(29)25-17-8-7-15(23)11-16(17)22(31)14-5-3-2-4-6-14/h2-11H,12-13H2,1H3,(H,25,29). The number of benzene rings is 2. The van der Waals surface area contributed by atoms with Gasteiger partial charge >= 0.3 is 5.97 Å². The third kappa shape index (κ3) is 6.26. The molecule has 0 aliphatic heterocycles. The zero-order chi connectivity index (χ0) is 23.1. The second kappa shape index (κ2) is 10.7. The van der Waals surface area contributed by atoms with Gasteiger partial charge < -0.3 is 15.0 Å². The van der Waals surface area contributed by atoms with Crippen LogP contribution in [0.1, 0.15) is 15.9 Å². The molecule has 0 unspecified atom stereocenters. The topological polar surface area (TPSA) is 101 Å². The Kier molecular flexibility index (Phi) is 7.75. The number of ether oxygens (including phenoxy) is 1. The van der Waals surface area contributed by atoms with Crippen molar-refractivity contribution in [2.24, 2.45) is 0 Å². The van der Waals surface area contributed by atoms with E-state index >= 15 is 0 Å². The number of nitrogens with one attached hydrogen (secondary N) is 1. The van der Waals surface area contributed by atoms with Gasteiger partial charge in [-0.3, -0.25) is 14.4 Å². The van der Waals surface area contributed by atoms with Gasteiger partial charge in [-0.2, -0.15) is 0 Å². The lowest BCUT2D eigenvalue weighted by molar-refractivity contribution is -0.145. The first-order valence-electron chi connectivity index (χ1n) is 9.38. The third-order valence-electron chi connectivity index (χ3n) is 4.28. The maximum atomic E-state index is 12.8. The van der Waals surface area contributed by atoms with E-state index in [-0.39, 0.29) is 28.7 Å². The molecule has 0 spiro atoms. The summed E-state index contributed by atoms with van der Waals surface area (Å²) in [6.45, 7) is -0.678. The minimum atomic E-state index is -0.643.